The molecule has 0 aliphatic rings. The van der Waals surface area contributed by atoms with Crippen molar-refractivity contribution in [2.24, 2.45) is 0 Å². The molecular weight excluding hydrogens is 214 g/mol. The number of nitrogens with zero attached hydrogens (tertiary/aromatic N) is 1. The molecule has 0 fully saturated rings. The highest BCUT2D eigenvalue weighted by Gasteiger charge is 1.78. The number of aromatic nitrogens is 1. The number of benzene rings is 1. The van der Waals surface area contributed by atoms with Gasteiger partial charge in [-0.15, -0.1) is 0 Å². The molecule has 1 N–H and O–H groups in total. The standard InChI is InChI=1S/C6H6O.C4H5NO.2C2H6/c7-6-4-2-1-3-5-6;1-4-2-3-5-6-4;2*1-2/h1-5,7H;2-3H,1H3;2*1-2H3. The van der Waals surface area contributed by atoms with Crippen molar-refractivity contribution < 1.29 is 9.63 Å². The molecule has 2 rings (SSSR count). The summed E-state index contributed by atoms with van der Waals surface area (Å²) in [6, 6.07) is 10.5. The van der Waals surface area contributed by atoms with Crippen LogP contribution in [0.1, 0.15) is 33.5 Å². The van der Waals surface area contributed by atoms with Crippen LogP contribution in [0.5, 0.6) is 5.75 Å². The molecule has 3 heteroatoms. The molecule has 96 valence electrons. The van der Waals surface area contributed by atoms with Crippen molar-refractivity contribution in [3.05, 3.63) is 48.4 Å². The van der Waals surface area contributed by atoms with Crippen LogP contribution in [-0.4, -0.2) is 10.3 Å². The third-order valence-electron chi connectivity index (χ3n) is 1.32. The van der Waals surface area contributed by atoms with Crippen LogP contribution in [0.15, 0.2) is 47.1 Å². The Morgan fingerprint density at radius 2 is 1.47 bits per heavy atom. The molecule has 0 unspecified atom stereocenters. The normalized spacial score (nSPS) is 7.35. The molecule has 0 spiro atoms. The number of aromatic hydroxyl groups is 1. The van der Waals surface area contributed by atoms with Gasteiger partial charge in [0.05, 0.1) is 6.20 Å². The van der Waals surface area contributed by atoms with Crippen LogP contribution in [0.25, 0.3) is 0 Å². The Bertz CT molecular complexity index is 317. The van der Waals surface area contributed by atoms with Crippen molar-refractivity contribution in [3.63, 3.8) is 0 Å². The Hall–Kier alpha value is -1.77. The molecule has 0 bridgehead atoms. The van der Waals surface area contributed by atoms with E-state index >= 15 is 0 Å². The van der Waals surface area contributed by atoms with Gasteiger partial charge in [0.25, 0.3) is 0 Å². The molecule has 0 saturated carbocycles. The minimum atomic E-state index is 0.322. The van der Waals surface area contributed by atoms with Crippen molar-refractivity contribution in [2.45, 2.75) is 34.6 Å². The number of phenolic OH excluding ortho intramolecular Hbond substituents is 1. The average molecular weight is 237 g/mol. The van der Waals surface area contributed by atoms with Crippen LogP contribution in [0.2, 0.25) is 0 Å². The van der Waals surface area contributed by atoms with Crippen LogP contribution in [0.3, 0.4) is 0 Å². The second-order valence-corrected chi connectivity index (χ2v) is 2.46. The zero-order valence-electron chi connectivity index (χ0n) is 11.3. The van der Waals surface area contributed by atoms with E-state index in [0.29, 0.717) is 5.75 Å². The van der Waals surface area contributed by atoms with Gasteiger partial charge in [0.1, 0.15) is 11.5 Å². The maximum atomic E-state index is 8.63. The zero-order chi connectivity index (χ0) is 13.5. The third-order valence-corrected chi connectivity index (χ3v) is 1.32. The van der Waals surface area contributed by atoms with Gasteiger partial charge in [0.15, 0.2) is 0 Å². The molecule has 1 aromatic carbocycles. The summed E-state index contributed by atoms with van der Waals surface area (Å²) in [5.74, 6) is 1.18. The maximum absolute atomic E-state index is 8.63. The Kier molecular flexibility index (Phi) is 14.7. The van der Waals surface area contributed by atoms with Crippen LogP contribution < -0.4 is 0 Å². The van der Waals surface area contributed by atoms with Gasteiger partial charge in [-0.3, -0.25) is 0 Å². The second kappa shape index (κ2) is 14.2. The van der Waals surface area contributed by atoms with Crippen molar-refractivity contribution in [3.8, 4) is 5.75 Å². The molecule has 2 aromatic rings. The molecule has 1 heterocycles. The van der Waals surface area contributed by atoms with Gasteiger partial charge in [-0.25, -0.2) is 0 Å². The summed E-state index contributed by atoms with van der Waals surface area (Å²) in [4.78, 5) is 0. The number of phenols is 1. The number of aryl methyl sites for hydroxylation is 1. The minimum Gasteiger partial charge on any atom is -0.508 e. The van der Waals surface area contributed by atoms with Crippen LogP contribution in [-0.2, 0) is 0 Å². The predicted octanol–water partition coefficient (Wildman–Crippen LogP) is 4.43. The SMILES string of the molecule is CC.CC.Cc1ccno1.Oc1ccccc1. The van der Waals surface area contributed by atoms with Crippen molar-refractivity contribution in [1.29, 1.82) is 0 Å². The van der Waals surface area contributed by atoms with E-state index < -0.39 is 0 Å². The van der Waals surface area contributed by atoms with Crippen molar-refractivity contribution >= 4 is 0 Å². The minimum absolute atomic E-state index is 0.322. The summed E-state index contributed by atoms with van der Waals surface area (Å²) in [5.41, 5.74) is 0. The van der Waals surface area contributed by atoms with Gasteiger partial charge in [-0.1, -0.05) is 51.1 Å². The summed E-state index contributed by atoms with van der Waals surface area (Å²) in [5, 5.41) is 12.1. The molecule has 3 nitrogen and oxygen atoms in total. The molecule has 0 saturated heterocycles. The lowest BCUT2D eigenvalue weighted by Gasteiger charge is -1.82. The largest absolute Gasteiger partial charge is 0.508 e. The Morgan fingerprint density at radius 3 is 1.65 bits per heavy atom. The fraction of sp³-hybridized carbons (Fsp3) is 0.357. The molecule has 0 atom stereocenters. The van der Waals surface area contributed by atoms with Gasteiger partial charge in [-0.2, -0.15) is 0 Å². The molecular formula is C14H23NO2. The first-order chi connectivity index (χ1) is 8.29. The number of rotatable bonds is 0. The Morgan fingerprint density at radius 1 is 0.941 bits per heavy atom. The highest BCUT2D eigenvalue weighted by atomic mass is 16.5. The lowest BCUT2D eigenvalue weighted by atomic mass is 10.3. The summed E-state index contributed by atoms with van der Waals surface area (Å²) in [7, 11) is 0. The van der Waals surface area contributed by atoms with E-state index in [1.165, 1.54) is 0 Å². The monoisotopic (exact) mass is 237 g/mol. The van der Waals surface area contributed by atoms with Crippen LogP contribution >= 0.6 is 0 Å². The molecule has 1 aromatic heterocycles. The summed E-state index contributed by atoms with van der Waals surface area (Å²) in [6.45, 7) is 9.85. The first-order valence-electron chi connectivity index (χ1n) is 5.90. The Balaban J connectivity index is 0. The molecule has 0 radical (unpaired) electrons. The third kappa shape index (κ3) is 12.2. The quantitative estimate of drug-likeness (QED) is 0.737. The lowest BCUT2D eigenvalue weighted by Crippen LogP contribution is -1.56. The van der Waals surface area contributed by atoms with Gasteiger partial charge >= 0.3 is 0 Å². The molecule has 0 aliphatic carbocycles. The maximum Gasteiger partial charge on any atom is 0.133 e. The van der Waals surface area contributed by atoms with E-state index in [2.05, 4.69) is 9.68 Å². The van der Waals surface area contributed by atoms with E-state index in [0.717, 1.165) is 5.76 Å². The predicted molar refractivity (Wildman–Crippen MR) is 72.0 cm³/mol. The lowest BCUT2D eigenvalue weighted by molar-refractivity contribution is 0.397. The van der Waals surface area contributed by atoms with E-state index in [-0.39, 0.29) is 0 Å². The zero-order valence-corrected chi connectivity index (χ0v) is 11.3. The van der Waals surface area contributed by atoms with E-state index in [4.69, 9.17) is 5.11 Å². The topological polar surface area (TPSA) is 46.3 Å². The van der Waals surface area contributed by atoms with Gasteiger partial charge < -0.3 is 9.63 Å². The Labute approximate surface area is 104 Å². The first kappa shape index (κ1) is 17.6. The smallest absolute Gasteiger partial charge is 0.133 e. The number of hydrogen-bond donors (Lipinski definition) is 1. The molecule has 17 heavy (non-hydrogen) atoms. The van der Waals surface area contributed by atoms with Crippen molar-refractivity contribution in [1.82, 2.24) is 5.16 Å². The average Bonchev–Trinajstić information content (AvgIpc) is 2.87. The van der Waals surface area contributed by atoms with Gasteiger partial charge in [-0.05, 0) is 19.1 Å². The van der Waals surface area contributed by atoms with Gasteiger partial charge in [0, 0.05) is 6.07 Å². The van der Waals surface area contributed by atoms with Crippen LogP contribution in [0.4, 0.5) is 0 Å². The van der Waals surface area contributed by atoms with E-state index in [1.807, 2.05) is 40.7 Å². The number of para-hydroxylation sites is 1. The summed E-state index contributed by atoms with van der Waals surface area (Å²) >= 11 is 0. The fourth-order valence-electron chi connectivity index (χ4n) is 0.707. The second-order valence-electron chi connectivity index (χ2n) is 2.46. The van der Waals surface area contributed by atoms with Gasteiger partial charge in [0.2, 0.25) is 0 Å². The summed E-state index contributed by atoms with van der Waals surface area (Å²) in [6.07, 6.45) is 1.62. The van der Waals surface area contributed by atoms with Crippen molar-refractivity contribution in [2.75, 3.05) is 0 Å². The number of hydrogen-bond acceptors (Lipinski definition) is 3. The van der Waals surface area contributed by atoms with Crippen LogP contribution in [0, 0.1) is 6.92 Å². The van der Waals surface area contributed by atoms with E-state index in [1.54, 1.807) is 36.5 Å². The summed E-state index contributed by atoms with van der Waals surface area (Å²) < 4.78 is 4.58. The molecule has 0 aliphatic heterocycles. The first-order valence-corrected chi connectivity index (χ1v) is 5.90. The fourth-order valence-corrected chi connectivity index (χ4v) is 0.707. The highest BCUT2D eigenvalue weighted by Crippen LogP contribution is 2.02. The highest BCUT2D eigenvalue weighted by molar-refractivity contribution is 5.18. The van der Waals surface area contributed by atoms with E-state index in [9.17, 15) is 0 Å². The molecule has 0 amide bonds.